The van der Waals surface area contributed by atoms with Crippen molar-refractivity contribution in [2.75, 3.05) is 0 Å². The number of phenols is 2. The predicted molar refractivity (Wildman–Crippen MR) is 44.3 cm³/mol. The summed E-state index contributed by atoms with van der Waals surface area (Å²) >= 11 is 0. The number of aryl methyl sites for hydroxylation is 1. The molecule has 0 aromatic heterocycles. The summed E-state index contributed by atoms with van der Waals surface area (Å²) in [7, 11) is -4.49. The van der Waals surface area contributed by atoms with Gasteiger partial charge in [0.15, 0.2) is 0 Å². The first-order chi connectivity index (χ1) is 5.82. The number of rotatable bonds is 1. The molecule has 0 atom stereocenters. The van der Waals surface area contributed by atoms with Crippen LogP contribution in [0.1, 0.15) is 5.56 Å². The van der Waals surface area contributed by atoms with Gasteiger partial charge in [-0.2, -0.15) is 8.42 Å². The van der Waals surface area contributed by atoms with Gasteiger partial charge < -0.3 is 10.2 Å². The number of benzene rings is 1. The van der Waals surface area contributed by atoms with Crippen LogP contribution in [0.25, 0.3) is 0 Å². The first kappa shape index (κ1) is 9.82. The van der Waals surface area contributed by atoms with Gasteiger partial charge in [0.1, 0.15) is 16.4 Å². The van der Waals surface area contributed by atoms with Crippen LogP contribution in [-0.2, 0) is 10.1 Å². The Morgan fingerprint density at radius 3 is 2.23 bits per heavy atom. The van der Waals surface area contributed by atoms with E-state index in [2.05, 4.69) is 0 Å². The van der Waals surface area contributed by atoms with Crippen LogP contribution in [-0.4, -0.2) is 23.2 Å². The number of aromatic hydroxyl groups is 2. The molecule has 0 amide bonds. The van der Waals surface area contributed by atoms with Gasteiger partial charge in [-0.3, -0.25) is 4.55 Å². The Morgan fingerprint density at radius 2 is 1.77 bits per heavy atom. The largest absolute Gasteiger partial charge is 0.508 e. The average molecular weight is 204 g/mol. The summed E-state index contributed by atoms with van der Waals surface area (Å²) in [6, 6.07) is 1.96. The molecule has 5 nitrogen and oxygen atoms in total. The fraction of sp³-hybridized carbons (Fsp3) is 0.143. The lowest BCUT2D eigenvalue weighted by atomic mass is 10.2. The number of phenolic OH excluding ortho intramolecular Hbond substituents is 2. The van der Waals surface area contributed by atoms with Crippen LogP contribution in [0.15, 0.2) is 17.0 Å². The summed E-state index contributed by atoms with van der Waals surface area (Å²) in [6.45, 7) is 1.41. The Hall–Kier alpha value is -1.27. The van der Waals surface area contributed by atoms with Crippen LogP contribution in [0.5, 0.6) is 11.5 Å². The Balaban J connectivity index is 3.56. The highest BCUT2D eigenvalue weighted by molar-refractivity contribution is 7.86. The summed E-state index contributed by atoms with van der Waals surface area (Å²) in [5, 5.41) is 18.2. The van der Waals surface area contributed by atoms with Gasteiger partial charge in [0.25, 0.3) is 10.1 Å². The highest BCUT2D eigenvalue weighted by Gasteiger charge is 2.17. The van der Waals surface area contributed by atoms with Crippen molar-refractivity contribution < 1.29 is 23.2 Å². The van der Waals surface area contributed by atoms with E-state index in [0.717, 1.165) is 6.07 Å². The summed E-state index contributed by atoms with van der Waals surface area (Å²) in [6.07, 6.45) is 0. The standard InChI is InChI=1S/C7H8O5S/c1-4-2-5(8)3-6(7(4)9)13(10,11)12/h2-3,8-9H,1H3,(H,10,11,12). The summed E-state index contributed by atoms with van der Waals surface area (Å²) < 4.78 is 29.9. The molecule has 3 N–H and O–H groups in total. The van der Waals surface area contributed by atoms with Crippen molar-refractivity contribution in [1.82, 2.24) is 0 Å². The molecule has 1 aromatic rings. The van der Waals surface area contributed by atoms with Crippen LogP contribution in [0.4, 0.5) is 0 Å². The second-order valence-corrected chi connectivity index (χ2v) is 3.97. The molecular weight excluding hydrogens is 196 g/mol. The minimum Gasteiger partial charge on any atom is -0.508 e. The van der Waals surface area contributed by atoms with E-state index in [1.807, 2.05) is 0 Å². The topological polar surface area (TPSA) is 94.8 Å². The van der Waals surface area contributed by atoms with E-state index in [1.54, 1.807) is 0 Å². The molecule has 0 heterocycles. The molecule has 13 heavy (non-hydrogen) atoms. The first-order valence-corrected chi connectivity index (χ1v) is 4.76. The van der Waals surface area contributed by atoms with E-state index < -0.39 is 20.8 Å². The van der Waals surface area contributed by atoms with Gasteiger partial charge >= 0.3 is 0 Å². The Bertz CT molecular complexity index is 434. The molecule has 0 spiro atoms. The molecule has 0 aliphatic rings. The fourth-order valence-electron chi connectivity index (χ4n) is 0.925. The third-order valence-electron chi connectivity index (χ3n) is 1.53. The van der Waals surface area contributed by atoms with Gasteiger partial charge in [-0.15, -0.1) is 0 Å². The molecule has 0 aliphatic heterocycles. The molecule has 0 radical (unpaired) electrons. The van der Waals surface area contributed by atoms with Crippen molar-refractivity contribution in [2.24, 2.45) is 0 Å². The van der Waals surface area contributed by atoms with Crippen LogP contribution >= 0.6 is 0 Å². The lowest BCUT2D eigenvalue weighted by Gasteiger charge is -2.04. The van der Waals surface area contributed by atoms with Crippen LogP contribution in [0.3, 0.4) is 0 Å². The van der Waals surface area contributed by atoms with Crippen LogP contribution < -0.4 is 0 Å². The monoisotopic (exact) mass is 204 g/mol. The summed E-state index contributed by atoms with van der Waals surface area (Å²) in [5.41, 5.74) is 0.174. The van der Waals surface area contributed by atoms with Crippen molar-refractivity contribution in [3.8, 4) is 11.5 Å². The zero-order valence-corrected chi connectivity index (χ0v) is 7.54. The van der Waals surface area contributed by atoms with Crippen molar-refractivity contribution in [1.29, 1.82) is 0 Å². The van der Waals surface area contributed by atoms with Gasteiger partial charge in [0.2, 0.25) is 0 Å². The molecule has 0 unspecified atom stereocenters. The lowest BCUT2D eigenvalue weighted by Crippen LogP contribution is -1.99. The Labute approximate surface area is 75.0 Å². The van der Waals surface area contributed by atoms with Crippen molar-refractivity contribution in [2.45, 2.75) is 11.8 Å². The second kappa shape index (κ2) is 2.90. The summed E-state index contributed by atoms with van der Waals surface area (Å²) in [5.74, 6) is -0.886. The smallest absolute Gasteiger partial charge is 0.298 e. The molecule has 0 saturated heterocycles. The zero-order chi connectivity index (χ0) is 10.2. The summed E-state index contributed by atoms with van der Waals surface area (Å²) in [4.78, 5) is -0.690. The first-order valence-electron chi connectivity index (χ1n) is 3.32. The minimum absolute atomic E-state index is 0.174. The van der Waals surface area contributed by atoms with E-state index in [0.29, 0.717) is 0 Å². The van der Waals surface area contributed by atoms with Gasteiger partial charge in [0.05, 0.1) is 0 Å². The van der Waals surface area contributed by atoms with E-state index in [1.165, 1.54) is 13.0 Å². The van der Waals surface area contributed by atoms with E-state index in [4.69, 9.17) is 9.66 Å². The Morgan fingerprint density at radius 1 is 1.23 bits per heavy atom. The van der Waals surface area contributed by atoms with Gasteiger partial charge in [-0.25, -0.2) is 0 Å². The minimum atomic E-state index is -4.49. The second-order valence-electron chi connectivity index (χ2n) is 2.58. The van der Waals surface area contributed by atoms with Gasteiger partial charge in [-0.1, -0.05) is 0 Å². The highest BCUT2D eigenvalue weighted by atomic mass is 32.2. The predicted octanol–water partition coefficient (Wildman–Crippen LogP) is 0.653. The van der Waals surface area contributed by atoms with Gasteiger partial charge in [0, 0.05) is 6.07 Å². The van der Waals surface area contributed by atoms with Crippen LogP contribution in [0.2, 0.25) is 0 Å². The van der Waals surface area contributed by atoms with Gasteiger partial charge in [-0.05, 0) is 18.6 Å². The zero-order valence-electron chi connectivity index (χ0n) is 6.72. The SMILES string of the molecule is Cc1cc(O)cc(S(=O)(=O)O)c1O. The van der Waals surface area contributed by atoms with Crippen molar-refractivity contribution in [3.63, 3.8) is 0 Å². The molecule has 1 aromatic carbocycles. The molecule has 0 bridgehead atoms. The molecule has 72 valence electrons. The van der Waals surface area contributed by atoms with E-state index >= 15 is 0 Å². The number of hydrogen-bond acceptors (Lipinski definition) is 4. The molecule has 6 heteroatoms. The molecular formula is C7H8O5S. The third kappa shape index (κ3) is 1.90. The Kier molecular flexibility index (Phi) is 2.19. The maximum atomic E-state index is 10.6. The number of hydrogen-bond donors (Lipinski definition) is 3. The maximum absolute atomic E-state index is 10.6. The molecule has 0 fully saturated rings. The third-order valence-corrected chi connectivity index (χ3v) is 2.40. The van der Waals surface area contributed by atoms with E-state index in [9.17, 15) is 13.5 Å². The normalized spacial score (nSPS) is 11.5. The maximum Gasteiger partial charge on any atom is 0.298 e. The van der Waals surface area contributed by atoms with Crippen molar-refractivity contribution in [3.05, 3.63) is 17.7 Å². The molecule has 0 aliphatic carbocycles. The van der Waals surface area contributed by atoms with Crippen molar-refractivity contribution >= 4 is 10.1 Å². The molecule has 0 saturated carbocycles. The van der Waals surface area contributed by atoms with E-state index in [-0.39, 0.29) is 11.3 Å². The molecule has 1 rings (SSSR count). The lowest BCUT2D eigenvalue weighted by molar-refractivity contribution is 0.429. The fourth-order valence-corrected chi connectivity index (χ4v) is 1.60. The highest BCUT2D eigenvalue weighted by Crippen LogP contribution is 2.30. The average Bonchev–Trinajstić information content (AvgIpc) is 1.94. The quantitative estimate of drug-likeness (QED) is 0.461. The van der Waals surface area contributed by atoms with Crippen LogP contribution in [0, 0.1) is 6.92 Å².